The zero-order valence-corrected chi connectivity index (χ0v) is 10.7. The quantitative estimate of drug-likeness (QED) is 0.603. The molecule has 0 fully saturated rings. The Morgan fingerprint density at radius 1 is 1.14 bits per heavy atom. The molecule has 0 aliphatic rings. The summed E-state index contributed by atoms with van der Waals surface area (Å²) >= 11 is 0. The first kappa shape index (κ1) is 11.6. The van der Waals surface area contributed by atoms with Gasteiger partial charge in [0.2, 0.25) is 0 Å². The van der Waals surface area contributed by atoms with Crippen LogP contribution >= 0.6 is 0 Å². The second kappa shape index (κ2) is 4.41. The van der Waals surface area contributed by atoms with Gasteiger partial charge in [-0.15, -0.1) is 5.10 Å². The van der Waals surface area contributed by atoms with Gasteiger partial charge in [0.05, 0.1) is 11.9 Å². The van der Waals surface area contributed by atoms with Crippen LogP contribution in [0.3, 0.4) is 0 Å². The van der Waals surface area contributed by atoms with Crippen molar-refractivity contribution in [3.8, 4) is 22.7 Å². The monoisotopic (exact) mass is 279 g/mol. The minimum Gasteiger partial charge on any atom is -0.388 e. The third-order valence-corrected chi connectivity index (χ3v) is 3.14. The fourth-order valence-electron chi connectivity index (χ4n) is 2.21. The lowest BCUT2D eigenvalue weighted by molar-refractivity contribution is 0.527. The van der Waals surface area contributed by atoms with E-state index in [0.717, 1.165) is 11.3 Å². The Bertz CT molecular complexity index is 968. The summed E-state index contributed by atoms with van der Waals surface area (Å²) in [5.74, 6) is -0.434. The van der Waals surface area contributed by atoms with E-state index in [1.807, 2.05) is 36.4 Å². The maximum absolute atomic E-state index is 11.1. The summed E-state index contributed by atoms with van der Waals surface area (Å²) in [6.45, 7) is 0. The number of fused-ring (bicyclic) bond motifs is 1. The normalized spacial score (nSPS) is 11.0. The molecule has 0 aliphatic carbocycles. The molecule has 0 saturated carbocycles. The van der Waals surface area contributed by atoms with E-state index in [1.165, 1.54) is 0 Å². The van der Waals surface area contributed by atoms with Crippen LogP contribution < -0.4 is 5.76 Å². The van der Waals surface area contributed by atoms with Crippen molar-refractivity contribution >= 4 is 5.65 Å². The summed E-state index contributed by atoms with van der Waals surface area (Å²) in [5, 5.41) is 10.4. The van der Waals surface area contributed by atoms with Crippen LogP contribution in [0.4, 0.5) is 0 Å². The third-order valence-electron chi connectivity index (χ3n) is 3.14. The highest BCUT2D eigenvalue weighted by Gasteiger charge is 2.15. The molecule has 1 N–H and O–H groups in total. The average Bonchev–Trinajstić information content (AvgIpc) is 3.13. The number of aromatic amines is 1. The number of nitrogens with zero attached hydrogens (tertiary/aromatic N) is 4. The van der Waals surface area contributed by atoms with Gasteiger partial charge in [0.1, 0.15) is 5.56 Å². The molecule has 0 spiro atoms. The van der Waals surface area contributed by atoms with Crippen molar-refractivity contribution in [2.75, 3.05) is 0 Å². The van der Waals surface area contributed by atoms with Crippen molar-refractivity contribution in [1.82, 2.24) is 24.8 Å². The predicted octanol–water partition coefficient (Wildman–Crippen LogP) is 1.74. The van der Waals surface area contributed by atoms with Gasteiger partial charge in [-0.3, -0.25) is 0 Å². The van der Waals surface area contributed by atoms with Gasteiger partial charge in [-0.05, 0) is 6.07 Å². The van der Waals surface area contributed by atoms with Crippen LogP contribution in [0.2, 0.25) is 0 Å². The van der Waals surface area contributed by atoms with Crippen LogP contribution in [-0.2, 0) is 0 Å². The van der Waals surface area contributed by atoms with Crippen LogP contribution in [0.15, 0.2) is 58.0 Å². The fourth-order valence-corrected chi connectivity index (χ4v) is 2.21. The Morgan fingerprint density at radius 2 is 2.00 bits per heavy atom. The fraction of sp³-hybridized carbons (Fsp3) is 0. The summed E-state index contributed by atoms with van der Waals surface area (Å²) in [4.78, 5) is 15.4. The lowest BCUT2D eigenvalue weighted by Crippen LogP contribution is -1.95. The van der Waals surface area contributed by atoms with Gasteiger partial charge in [0.25, 0.3) is 5.89 Å². The van der Waals surface area contributed by atoms with Gasteiger partial charge in [-0.2, -0.15) is 5.10 Å². The molecule has 0 radical (unpaired) electrons. The highest BCUT2D eigenvalue weighted by Crippen LogP contribution is 2.24. The molecule has 7 nitrogen and oxygen atoms in total. The Labute approximate surface area is 117 Å². The van der Waals surface area contributed by atoms with E-state index in [9.17, 15) is 4.79 Å². The van der Waals surface area contributed by atoms with Crippen molar-refractivity contribution in [3.05, 3.63) is 59.3 Å². The number of hydrogen-bond acceptors (Lipinski definition) is 5. The van der Waals surface area contributed by atoms with Crippen LogP contribution in [0.25, 0.3) is 28.4 Å². The number of H-pyrrole nitrogens is 1. The summed E-state index contributed by atoms with van der Waals surface area (Å²) in [6.07, 6.45) is 3.27. The van der Waals surface area contributed by atoms with Gasteiger partial charge >= 0.3 is 5.76 Å². The lowest BCUT2D eigenvalue weighted by atomic mass is 10.1. The molecule has 0 atom stereocenters. The SMILES string of the molecule is O=c1[nH]nc(-c2cnn3c(-c4ccccc4)ccnc23)o1. The molecule has 1 aromatic carbocycles. The minimum absolute atomic E-state index is 0.174. The molecule has 0 bridgehead atoms. The molecular formula is C14H9N5O2. The molecule has 0 saturated heterocycles. The number of hydrogen-bond donors (Lipinski definition) is 1. The highest BCUT2D eigenvalue weighted by molar-refractivity contribution is 5.74. The van der Waals surface area contributed by atoms with Crippen molar-refractivity contribution in [2.24, 2.45) is 0 Å². The first-order valence-electron chi connectivity index (χ1n) is 6.27. The Balaban J connectivity index is 1.97. The molecule has 0 unspecified atom stereocenters. The molecular weight excluding hydrogens is 270 g/mol. The largest absolute Gasteiger partial charge is 0.434 e. The smallest absolute Gasteiger partial charge is 0.388 e. The number of rotatable bonds is 2. The molecule has 7 heteroatoms. The van der Waals surface area contributed by atoms with E-state index in [2.05, 4.69) is 20.3 Å². The molecule has 3 aromatic heterocycles. The number of aromatic nitrogens is 5. The van der Waals surface area contributed by atoms with Crippen LogP contribution in [0.5, 0.6) is 0 Å². The van der Waals surface area contributed by atoms with Gasteiger partial charge in [-0.1, -0.05) is 30.3 Å². The van der Waals surface area contributed by atoms with Gasteiger partial charge in [-0.25, -0.2) is 19.4 Å². The standard InChI is InChI=1S/C14H9N5O2/c20-14-18-17-13(21-14)10-8-16-19-11(6-7-15-12(10)19)9-4-2-1-3-5-9/h1-8H,(H,18,20). The van der Waals surface area contributed by atoms with E-state index >= 15 is 0 Å². The minimum atomic E-state index is -0.608. The van der Waals surface area contributed by atoms with Crippen LogP contribution in [0, 0.1) is 0 Å². The first-order valence-corrected chi connectivity index (χ1v) is 6.27. The Kier molecular flexibility index (Phi) is 2.43. The maximum atomic E-state index is 11.1. The van der Waals surface area contributed by atoms with Crippen molar-refractivity contribution in [3.63, 3.8) is 0 Å². The van der Waals surface area contributed by atoms with E-state index in [4.69, 9.17) is 4.42 Å². The van der Waals surface area contributed by atoms with Crippen molar-refractivity contribution < 1.29 is 4.42 Å². The zero-order chi connectivity index (χ0) is 14.2. The molecule has 102 valence electrons. The zero-order valence-electron chi connectivity index (χ0n) is 10.7. The lowest BCUT2D eigenvalue weighted by Gasteiger charge is -2.04. The maximum Gasteiger partial charge on any atom is 0.434 e. The van der Waals surface area contributed by atoms with Crippen LogP contribution in [0.1, 0.15) is 0 Å². The number of nitrogens with one attached hydrogen (secondary N) is 1. The average molecular weight is 279 g/mol. The second-order valence-corrected chi connectivity index (χ2v) is 4.41. The van der Waals surface area contributed by atoms with E-state index in [0.29, 0.717) is 11.2 Å². The molecule has 4 aromatic rings. The molecule has 21 heavy (non-hydrogen) atoms. The molecule has 0 amide bonds. The molecule has 3 heterocycles. The van der Waals surface area contributed by atoms with Crippen molar-refractivity contribution in [1.29, 1.82) is 0 Å². The summed E-state index contributed by atoms with van der Waals surface area (Å²) < 4.78 is 6.66. The van der Waals surface area contributed by atoms with Gasteiger partial charge < -0.3 is 4.42 Å². The Hall–Kier alpha value is -3.22. The second-order valence-electron chi connectivity index (χ2n) is 4.41. The topological polar surface area (TPSA) is 89.1 Å². The first-order chi connectivity index (χ1) is 10.3. The predicted molar refractivity (Wildman–Crippen MR) is 74.5 cm³/mol. The highest BCUT2D eigenvalue weighted by atomic mass is 16.4. The van der Waals surface area contributed by atoms with Gasteiger partial charge in [0.15, 0.2) is 5.65 Å². The molecule has 4 rings (SSSR count). The summed E-state index contributed by atoms with van der Waals surface area (Å²) in [7, 11) is 0. The summed E-state index contributed by atoms with van der Waals surface area (Å²) in [5.41, 5.74) is 3.05. The Morgan fingerprint density at radius 3 is 2.76 bits per heavy atom. The van der Waals surface area contributed by atoms with Crippen molar-refractivity contribution in [2.45, 2.75) is 0 Å². The molecule has 0 aliphatic heterocycles. The number of benzene rings is 1. The third kappa shape index (κ3) is 1.83. The van der Waals surface area contributed by atoms with Gasteiger partial charge in [0, 0.05) is 11.8 Å². The van der Waals surface area contributed by atoms with E-state index < -0.39 is 5.76 Å². The van der Waals surface area contributed by atoms with E-state index in [1.54, 1.807) is 16.9 Å². The summed E-state index contributed by atoms with van der Waals surface area (Å²) in [6, 6.07) is 11.7. The van der Waals surface area contributed by atoms with E-state index in [-0.39, 0.29) is 5.89 Å². The van der Waals surface area contributed by atoms with Crippen LogP contribution in [-0.4, -0.2) is 24.8 Å².